The molecule has 0 unspecified atom stereocenters. The number of aliphatic hydroxyl groups is 1. The minimum atomic E-state index is -3.54. The van der Waals surface area contributed by atoms with Crippen molar-refractivity contribution in [3.63, 3.8) is 0 Å². The Kier molecular flexibility index (Phi) is 5.27. The number of sulfonamides is 1. The van der Waals surface area contributed by atoms with Crippen LogP contribution < -0.4 is 4.72 Å². The summed E-state index contributed by atoms with van der Waals surface area (Å²) in [4.78, 5) is 10.4. The number of rotatable bonds is 7. The van der Waals surface area contributed by atoms with Crippen LogP contribution in [-0.2, 0) is 21.2 Å². The van der Waals surface area contributed by atoms with Gasteiger partial charge in [-0.05, 0) is 12.0 Å². The number of carbonyl (C=O) groups is 1. The van der Waals surface area contributed by atoms with Crippen molar-refractivity contribution in [3.8, 4) is 0 Å². The second-order valence-corrected chi connectivity index (χ2v) is 5.47. The number of hydrogen-bond acceptors (Lipinski definition) is 4. The Hall–Kier alpha value is -1.24. The summed E-state index contributed by atoms with van der Waals surface area (Å²) in [5, 5.41) is 8.72. The maximum Gasteiger partial charge on any atom is 0.212 e. The minimum Gasteiger partial charge on any atom is -0.394 e. The first-order chi connectivity index (χ1) is 8.07. The van der Waals surface area contributed by atoms with E-state index in [0.717, 1.165) is 5.56 Å². The van der Waals surface area contributed by atoms with Crippen LogP contribution >= 0.6 is 0 Å². The van der Waals surface area contributed by atoms with Gasteiger partial charge in [-0.3, -0.25) is 0 Å². The highest BCUT2D eigenvalue weighted by Gasteiger charge is 2.16. The summed E-state index contributed by atoms with van der Waals surface area (Å²) in [6.45, 7) is -0.534. The Balaban J connectivity index is 2.53. The van der Waals surface area contributed by atoms with E-state index in [1.807, 2.05) is 30.3 Å². The molecule has 0 aliphatic rings. The van der Waals surface area contributed by atoms with Crippen LogP contribution in [0.5, 0.6) is 0 Å². The topological polar surface area (TPSA) is 83.5 Å². The van der Waals surface area contributed by atoms with Crippen LogP contribution in [0, 0.1) is 0 Å². The molecule has 0 fully saturated rings. The number of aliphatic hydroxyl groups excluding tert-OH is 1. The maximum atomic E-state index is 11.6. The molecule has 2 N–H and O–H groups in total. The van der Waals surface area contributed by atoms with Crippen LogP contribution in [0.4, 0.5) is 0 Å². The quantitative estimate of drug-likeness (QED) is 0.657. The summed E-state index contributed by atoms with van der Waals surface area (Å²) in [5.74, 6) is -0.110. The lowest BCUT2D eigenvalue weighted by atomic mass is 10.2. The molecule has 0 saturated carbocycles. The maximum absolute atomic E-state index is 11.6. The Morgan fingerprint density at radius 3 is 2.47 bits per heavy atom. The van der Waals surface area contributed by atoms with E-state index in [-0.39, 0.29) is 5.75 Å². The smallest absolute Gasteiger partial charge is 0.212 e. The van der Waals surface area contributed by atoms with E-state index in [4.69, 9.17) is 5.11 Å². The molecule has 0 saturated heterocycles. The van der Waals surface area contributed by atoms with Gasteiger partial charge in [0.15, 0.2) is 0 Å². The van der Waals surface area contributed by atoms with Crippen molar-refractivity contribution >= 4 is 16.3 Å². The predicted octanol–water partition coefficient (Wildman–Crippen LogP) is -0.292. The number of nitrogens with one attached hydrogen (secondary N) is 1. The van der Waals surface area contributed by atoms with E-state index in [2.05, 4.69) is 4.72 Å². The number of carbonyl (C=O) groups excluding carboxylic acids is 1. The molecule has 0 heterocycles. The average molecular weight is 257 g/mol. The van der Waals surface area contributed by atoms with Gasteiger partial charge in [-0.25, -0.2) is 13.1 Å². The fourth-order valence-corrected chi connectivity index (χ4v) is 2.51. The molecule has 1 aromatic rings. The van der Waals surface area contributed by atoms with E-state index in [1.54, 1.807) is 0 Å². The van der Waals surface area contributed by atoms with E-state index >= 15 is 0 Å². The van der Waals surface area contributed by atoms with Crippen LogP contribution in [0.15, 0.2) is 30.3 Å². The predicted molar refractivity (Wildman–Crippen MR) is 64.0 cm³/mol. The van der Waals surface area contributed by atoms with E-state index in [9.17, 15) is 13.2 Å². The van der Waals surface area contributed by atoms with Crippen molar-refractivity contribution in [1.82, 2.24) is 4.72 Å². The molecule has 0 aliphatic carbocycles. The van der Waals surface area contributed by atoms with Crippen LogP contribution in [0.1, 0.15) is 5.56 Å². The molecular formula is C11H15NO4S. The van der Waals surface area contributed by atoms with Gasteiger partial charge in [0.1, 0.15) is 12.3 Å². The highest BCUT2D eigenvalue weighted by Crippen LogP contribution is 2.01. The van der Waals surface area contributed by atoms with Crippen LogP contribution in [0.2, 0.25) is 0 Å². The first-order valence-electron chi connectivity index (χ1n) is 5.17. The second kappa shape index (κ2) is 6.48. The molecule has 1 aromatic carbocycles. The first kappa shape index (κ1) is 13.8. The van der Waals surface area contributed by atoms with Gasteiger partial charge in [0.25, 0.3) is 0 Å². The molecule has 94 valence electrons. The highest BCUT2D eigenvalue weighted by molar-refractivity contribution is 7.89. The number of benzene rings is 1. The number of aldehydes is 1. The summed E-state index contributed by atoms with van der Waals surface area (Å²) in [6.07, 6.45) is 0.743. The molecule has 0 amide bonds. The van der Waals surface area contributed by atoms with Crippen molar-refractivity contribution in [2.75, 3.05) is 12.4 Å². The lowest BCUT2D eigenvalue weighted by Gasteiger charge is -2.10. The molecule has 0 aromatic heterocycles. The van der Waals surface area contributed by atoms with Gasteiger partial charge in [0, 0.05) is 0 Å². The normalized spacial score (nSPS) is 13.2. The van der Waals surface area contributed by atoms with E-state index < -0.39 is 22.7 Å². The molecular weight excluding hydrogens is 242 g/mol. The fourth-order valence-electron chi connectivity index (χ4n) is 1.29. The van der Waals surface area contributed by atoms with Crippen LogP contribution in [0.3, 0.4) is 0 Å². The summed E-state index contributed by atoms with van der Waals surface area (Å²) in [7, 11) is -3.54. The summed E-state index contributed by atoms with van der Waals surface area (Å²) < 4.78 is 25.2. The third-order valence-corrected chi connectivity index (χ3v) is 3.60. The second-order valence-electron chi connectivity index (χ2n) is 3.60. The zero-order valence-electron chi connectivity index (χ0n) is 9.24. The first-order valence-corrected chi connectivity index (χ1v) is 6.82. The van der Waals surface area contributed by atoms with Gasteiger partial charge in [0.05, 0.1) is 12.4 Å². The van der Waals surface area contributed by atoms with E-state index in [1.165, 1.54) is 0 Å². The molecule has 6 heteroatoms. The van der Waals surface area contributed by atoms with Crippen LogP contribution in [-0.4, -0.2) is 38.2 Å². The molecule has 0 spiro atoms. The largest absolute Gasteiger partial charge is 0.394 e. The van der Waals surface area contributed by atoms with E-state index in [0.29, 0.717) is 12.7 Å². The van der Waals surface area contributed by atoms with Crippen molar-refractivity contribution in [2.45, 2.75) is 12.5 Å². The number of hydrogen-bond donors (Lipinski definition) is 2. The molecule has 1 rings (SSSR count). The SMILES string of the molecule is O=C[C@@H](CO)NS(=O)(=O)CCc1ccccc1. The Morgan fingerprint density at radius 2 is 1.94 bits per heavy atom. The third-order valence-electron chi connectivity index (χ3n) is 2.19. The zero-order valence-corrected chi connectivity index (χ0v) is 10.1. The van der Waals surface area contributed by atoms with Gasteiger partial charge in [0.2, 0.25) is 10.0 Å². The van der Waals surface area contributed by atoms with Gasteiger partial charge >= 0.3 is 0 Å². The average Bonchev–Trinajstić information content (AvgIpc) is 2.35. The summed E-state index contributed by atoms with van der Waals surface area (Å²) in [5.41, 5.74) is 0.907. The lowest BCUT2D eigenvalue weighted by molar-refractivity contribution is -0.109. The standard InChI is InChI=1S/C11H15NO4S/c13-8-11(9-14)12-17(15,16)7-6-10-4-2-1-3-5-10/h1-5,8,11-12,14H,6-7,9H2/t11-/m0/s1. The summed E-state index contributed by atoms with van der Waals surface area (Å²) >= 11 is 0. The van der Waals surface area contributed by atoms with Gasteiger partial charge in [-0.2, -0.15) is 0 Å². The Bertz CT molecular complexity index is 444. The zero-order chi connectivity index (χ0) is 12.7. The fraction of sp³-hybridized carbons (Fsp3) is 0.364. The third kappa shape index (κ3) is 5.08. The Morgan fingerprint density at radius 1 is 1.29 bits per heavy atom. The van der Waals surface area contributed by atoms with Crippen molar-refractivity contribution in [3.05, 3.63) is 35.9 Å². The molecule has 0 bridgehead atoms. The Labute approximate surface area is 101 Å². The lowest BCUT2D eigenvalue weighted by Crippen LogP contribution is -2.40. The minimum absolute atomic E-state index is 0.110. The van der Waals surface area contributed by atoms with Crippen LogP contribution in [0.25, 0.3) is 0 Å². The monoisotopic (exact) mass is 257 g/mol. The van der Waals surface area contributed by atoms with Gasteiger partial charge in [-0.15, -0.1) is 0 Å². The molecule has 0 radical (unpaired) electrons. The number of aryl methyl sites for hydroxylation is 1. The molecule has 1 atom stereocenters. The molecule has 17 heavy (non-hydrogen) atoms. The highest BCUT2D eigenvalue weighted by atomic mass is 32.2. The van der Waals surface area contributed by atoms with Crippen molar-refractivity contribution < 1.29 is 18.3 Å². The van der Waals surface area contributed by atoms with Gasteiger partial charge in [-0.1, -0.05) is 30.3 Å². The van der Waals surface area contributed by atoms with Crippen molar-refractivity contribution in [2.24, 2.45) is 0 Å². The van der Waals surface area contributed by atoms with Crippen molar-refractivity contribution in [1.29, 1.82) is 0 Å². The molecule has 0 aliphatic heterocycles. The van der Waals surface area contributed by atoms with Gasteiger partial charge < -0.3 is 9.90 Å². The summed E-state index contributed by atoms with van der Waals surface area (Å²) in [6, 6.07) is 8.12. The molecule has 5 nitrogen and oxygen atoms in total.